The third-order valence-corrected chi connectivity index (χ3v) is 4.91. The van der Waals surface area contributed by atoms with E-state index in [1.54, 1.807) is 7.11 Å². The van der Waals surface area contributed by atoms with Crippen LogP contribution in [-0.4, -0.2) is 53.2 Å². The van der Waals surface area contributed by atoms with Crippen molar-refractivity contribution in [2.45, 2.75) is 20.3 Å². The summed E-state index contributed by atoms with van der Waals surface area (Å²) >= 11 is 0. The summed E-state index contributed by atoms with van der Waals surface area (Å²) in [5.74, 6) is 1.57. The summed E-state index contributed by atoms with van der Waals surface area (Å²) in [5, 5.41) is 4.64. The summed E-state index contributed by atoms with van der Waals surface area (Å²) in [6.45, 7) is 7.18. The topological polar surface area (TPSA) is 65.3 Å². The number of hydrogen-bond donors (Lipinski definition) is 0. The SMILES string of the molecule is COc1ccc(Cc2cnc(N3CCOCC3)nc2)c(-n2nc(C)cc2C)c1. The van der Waals surface area contributed by atoms with Gasteiger partial charge >= 0.3 is 0 Å². The van der Waals surface area contributed by atoms with Crippen molar-refractivity contribution in [1.29, 1.82) is 0 Å². The van der Waals surface area contributed by atoms with Crippen molar-refractivity contribution in [1.82, 2.24) is 19.7 Å². The fourth-order valence-electron chi connectivity index (χ4n) is 3.48. The molecule has 0 atom stereocenters. The molecule has 0 radical (unpaired) electrons. The molecule has 2 aromatic heterocycles. The molecular formula is C21H25N5O2. The van der Waals surface area contributed by atoms with E-state index < -0.39 is 0 Å². The Labute approximate surface area is 164 Å². The van der Waals surface area contributed by atoms with E-state index in [1.807, 2.05) is 36.1 Å². The Morgan fingerprint density at radius 1 is 1.07 bits per heavy atom. The van der Waals surface area contributed by atoms with E-state index in [2.05, 4.69) is 39.0 Å². The molecule has 0 N–H and O–H groups in total. The summed E-state index contributed by atoms with van der Waals surface area (Å²) in [5.41, 5.74) is 5.30. The van der Waals surface area contributed by atoms with Crippen LogP contribution in [0.3, 0.4) is 0 Å². The van der Waals surface area contributed by atoms with Crippen LogP contribution in [0.25, 0.3) is 5.69 Å². The molecular weight excluding hydrogens is 354 g/mol. The van der Waals surface area contributed by atoms with E-state index in [0.29, 0.717) is 0 Å². The van der Waals surface area contributed by atoms with Crippen LogP contribution in [0.1, 0.15) is 22.5 Å². The van der Waals surface area contributed by atoms with Crippen LogP contribution in [0.4, 0.5) is 5.95 Å². The fourth-order valence-corrected chi connectivity index (χ4v) is 3.48. The smallest absolute Gasteiger partial charge is 0.225 e. The van der Waals surface area contributed by atoms with Crippen molar-refractivity contribution in [3.05, 3.63) is 59.2 Å². The van der Waals surface area contributed by atoms with Crippen molar-refractivity contribution < 1.29 is 9.47 Å². The molecule has 0 amide bonds. The lowest BCUT2D eigenvalue weighted by molar-refractivity contribution is 0.122. The van der Waals surface area contributed by atoms with E-state index in [9.17, 15) is 0 Å². The van der Waals surface area contributed by atoms with Gasteiger partial charge in [0.1, 0.15) is 5.75 Å². The van der Waals surface area contributed by atoms with Crippen LogP contribution in [0.5, 0.6) is 5.75 Å². The zero-order chi connectivity index (χ0) is 19.5. The molecule has 1 aromatic carbocycles. The van der Waals surface area contributed by atoms with Crippen LogP contribution in [0.2, 0.25) is 0 Å². The molecule has 3 heterocycles. The van der Waals surface area contributed by atoms with Crippen LogP contribution < -0.4 is 9.64 Å². The van der Waals surface area contributed by atoms with Gasteiger partial charge in [-0.1, -0.05) is 6.07 Å². The Kier molecular flexibility index (Phi) is 5.25. The van der Waals surface area contributed by atoms with Gasteiger partial charge in [0.2, 0.25) is 5.95 Å². The van der Waals surface area contributed by atoms with Gasteiger partial charge in [-0.2, -0.15) is 5.10 Å². The van der Waals surface area contributed by atoms with Crippen LogP contribution >= 0.6 is 0 Å². The Balaban J connectivity index is 1.61. The molecule has 1 saturated heterocycles. The lowest BCUT2D eigenvalue weighted by Gasteiger charge is -2.26. The van der Waals surface area contributed by atoms with Gasteiger partial charge in [0.25, 0.3) is 0 Å². The highest BCUT2D eigenvalue weighted by Crippen LogP contribution is 2.25. The molecule has 1 aliphatic heterocycles. The Morgan fingerprint density at radius 3 is 2.46 bits per heavy atom. The van der Waals surface area contributed by atoms with Crippen LogP contribution in [0, 0.1) is 13.8 Å². The third kappa shape index (κ3) is 3.84. The minimum atomic E-state index is 0.723. The number of anilines is 1. The molecule has 28 heavy (non-hydrogen) atoms. The van der Waals surface area contributed by atoms with E-state index in [0.717, 1.165) is 72.6 Å². The number of methoxy groups -OCH3 is 1. The number of rotatable bonds is 5. The molecule has 146 valence electrons. The standard InChI is InChI=1S/C21H25N5O2/c1-15-10-16(2)26(24-15)20-12-19(27-3)5-4-18(20)11-17-13-22-21(23-14-17)25-6-8-28-9-7-25/h4-5,10,12-14H,6-9,11H2,1-3H3. The van der Waals surface area contributed by atoms with E-state index in [4.69, 9.17) is 9.47 Å². The number of aryl methyl sites for hydroxylation is 2. The van der Waals surface area contributed by atoms with E-state index in [-0.39, 0.29) is 0 Å². The summed E-state index contributed by atoms with van der Waals surface area (Å²) in [4.78, 5) is 11.3. The van der Waals surface area contributed by atoms with Gasteiger partial charge in [0, 0.05) is 43.7 Å². The molecule has 0 saturated carbocycles. The van der Waals surface area contributed by atoms with E-state index in [1.165, 1.54) is 0 Å². The van der Waals surface area contributed by atoms with Crippen molar-refractivity contribution >= 4 is 5.95 Å². The fraction of sp³-hybridized carbons (Fsp3) is 0.381. The lowest BCUT2D eigenvalue weighted by Crippen LogP contribution is -2.37. The highest BCUT2D eigenvalue weighted by atomic mass is 16.5. The average Bonchev–Trinajstić information content (AvgIpc) is 3.07. The molecule has 0 spiro atoms. The quantitative estimate of drug-likeness (QED) is 0.679. The first-order chi connectivity index (χ1) is 13.6. The maximum atomic E-state index is 5.43. The molecule has 1 fully saturated rings. The molecule has 3 aromatic rings. The molecule has 0 aliphatic carbocycles. The van der Waals surface area contributed by atoms with Crippen LogP contribution in [0.15, 0.2) is 36.7 Å². The number of benzene rings is 1. The van der Waals surface area contributed by atoms with Gasteiger partial charge in [-0.15, -0.1) is 0 Å². The molecule has 1 aliphatic rings. The zero-order valence-corrected chi connectivity index (χ0v) is 16.6. The van der Waals surface area contributed by atoms with Crippen molar-refractivity contribution in [2.24, 2.45) is 0 Å². The number of nitrogens with zero attached hydrogens (tertiary/aromatic N) is 5. The molecule has 0 unspecified atom stereocenters. The van der Waals surface area contributed by atoms with Crippen molar-refractivity contribution in [3.8, 4) is 11.4 Å². The van der Waals surface area contributed by atoms with Gasteiger partial charge in [-0.25, -0.2) is 14.6 Å². The number of aromatic nitrogens is 4. The first-order valence-electron chi connectivity index (χ1n) is 9.48. The van der Waals surface area contributed by atoms with Gasteiger partial charge in [0.15, 0.2) is 0 Å². The van der Waals surface area contributed by atoms with Gasteiger partial charge in [-0.3, -0.25) is 0 Å². The third-order valence-electron chi connectivity index (χ3n) is 4.91. The first-order valence-corrected chi connectivity index (χ1v) is 9.48. The van der Waals surface area contributed by atoms with Gasteiger partial charge in [-0.05, 0) is 37.1 Å². The van der Waals surface area contributed by atoms with Gasteiger partial charge in [0.05, 0.1) is 31.7 Å². The summed E-state index contributed by atoms with van der Waals surface area (Å²) in [6.07, 6.45) is 4.54. The summed E-state index contributed by atoms with van der Waals surface area (Å²) in [7, 11) is 1.68. The summed E-state index contributed by atoms with van der Waals surface area (Å²) in [6, 6.07) is 8.16. The first kappa shape index (κ1) is 18.4. The highest BCUT2D eigenvalue weighted by Gasteiger charge is 2.15. The molecule has 0 bridgehead atoms. The zero-order valence-electron chi connectivity index (χ0n) is 16.6. The minimum Gasteiger partial charge on any atom is -0.497 e. The maximum Gasteiger partial charge on any atom is 0.225 e. The maximum absolute atomic E-state index is 5.43. The Bertz CT molecular complexity index is 946. The predicted octanol–water partition coefficient (Wildman–Crippen LogP) is 2.72. The van der Waals surface area contributed by atoms with Gasteiger partial charge < -0.3 is 14.4 Å². The predicted molar refractivity (Wildman–Crippen MR) is 107 cm³/mol. The number of morpholine rings is 1. The van der Waals surface area contributed by atoms with Crippen LogP contribution in [-0.2, 0) is 11.2 Å². The van der Waals surface area contributed by atoms with Crippen molar-refractivity contribution in [3.63, 3.8) is 0 Å². The number of hydrogen-bond acceptors (Lipinski definition) is 6. The van der Waals surface area contributed by atoms with Crippen molar-refractivity contribution in [2.75, 3.05) is 38.3 Å². The monoisotopic (exact) mass is 379 g/mol. The van der Waals surface area contributed by atoms with E-state index >= 15 is 0 Å². The largest absolute Gasteiger partial charge is 0.497 e. The molecule has 7 heteroatoms. The Morgan fingerprint density at radius 2 is 1.82 bits per heavy atom. The second-order valence-electron chi connectivity index (χ2n) is 7.00. The molecule has 4 rings (SSSR count). The lowest BCUT2D eigenvalue weighted by atomic mass is 10.0. The minimum absolute atomic E-state index is 0.723. The summed E-state index contributed by atoms with van der Waals surface area (Å²) < 4.78 is 12.8. The second kappa shape index (κ2) is 7.98. The number of ether oxygens (including phenoxy) is 2. The average molecular weight is 379 g/mol. The normalized spacial score (nSPS) is 14.3. The Hall–Kier alpha value is -2.93. The second-order valence-corrected chi connectivity index (χ2v) is 7.00. The molecule has 7 nitrogen and oxygen atoms in total. The highest BCUT2D eigenvalue weighted by molar-refractivity contribution is 5.49.